The zero-order valence-corrected chi connectivity index (χ0v) is 12.5. The lowest BCUT2D eigenvalue weighted by Crippen LogP contribution is -2.26. The SMILES string of the molecule is CS(=O)(=O)NCCn1c(=S)[nH]c2cc(C(F)(F)F)ccc21. The molecule has 0 aliphatic carbocycles. The summed E-state index contributed by atoms with van der Waals surface area (Å²) in [7, 11) is -3.33. The second-order valence-corrected chi connectivity index (χ2v) is 6.70. The second-order valence-electron chi connectivity index (χ2n) is 4.48. The highest BCUT2D eigenvalue weighted by Crippen LogP contribution is 2.31. The van der Waals surface area contributed by atoms with E-state index in [1.54, 1.807) is 4.57 Å². The molecular weight excluding hydrogens is 327 g/mol. The van der Waals surface area contributed by atoms with E-state index in [-0.39, 0.29) is 23.4 Å². The predicted molar refractivity (Wildman–Crippen MR) is 75.0 cm³/mol. The Labute approximate surface area is 123 Å². The largest absolute Gasteiger partial charge is 0.416 e. The number of hydrogen-bond acceptors (Lipinski definition) is 3. The van der Waals surface area contributed by atoms with Crippen molar-refractivity contribution in [3.63, 3.8) is 0 Å². The van der Waals surface area contributed by atoms with E-state index in [2.05, 4.69) is 9.71 Å². The van der Waals surface area contributed by atoms with Gasteiger partial charge in [0.15, 0.2) is 4.77 Å². The third-order valence-corrected chi connectivity index (χ3v) is 3.85. The molecule has 0 fully saturated rings. The minimum Gasteiger partial charge on any atom is -0.331 e. The number of fused-ring (bicyclic) bond motifs is 1. The molecule has 0 bridgehead atoms. The summed E-state index contributed by atoms with van der Waals surface area (Å²) in [5.74, 6) is 0. The number of rotatable bonds is 4. The van der Waals surface area contributed by atoms with E-state index < -0.39 is 21.8 Å². The van der Waals surface area contributed by atoms with Crippen LogP contribution in [0.4, 0.5) is 13.2 Å². The maximum atomic E-state index is 12.6. The fourth-order valence-corrected chi connectivity index (χ4v) is 2.67. The minimum atomic E-state index is -4.43. The van der Waals surface area contributed by atoms with Crippen LogP contribution in [0.25, 0.3) is 11.0 Å². The molecule has 0 spiro atoms. The Bertz CT molecular complexity index is 821. The third-order valence-electron chi connectivity index (χ3n) is 2.80. The van der Waals surface area contributed by atoms with Gasteiger partial charge in [0, 0.05) is 13.1 Å². The fraction of sp³-hybridized carbons (Fsp3) is 0.364. The number of hydrogen-bond donors (Lipinski definition) is 2. The van der Waals surface area contributed by atoms with Gasteiger partial charge in [-0.2, -0.15) is 13.2 Å². The summed E-state index contributed by atoms with van der Waals surface area (Å²) >= 11 is 5.05. The van der Waals surface area contributed by atoms with Crippen molar-refractivity contribution in [2.45, 2.75) is 12.7 Å². The predicted octanol–water partition coefficient (Wildman–Crippen LogP) is 2.27. The van der Waals surface area contributed by atoms with Gasteiger partial charge in [0.25, 0.3) is 0 Å². The van der Waals surface area contributed by atoms with Crippen molar-refractivity contribution in [1.29, 1.82) is 0 Å². The Morgan fingerprint density at radius 3 is 2.62 bits per heavy atom. The van der Waals surface area contributed by atoms with Crippen LogP contribution in [0.15, 0.2) is 18.2 Å². The summed E-state index contributed by atoms with van der Waals surface area (Å²) in [5, 5.41) is 0. The van der Waals surface area contributed by atoms with Gasteiger partial charge in [0.1, 0.15) is 0 Å². The number of sulfonamides is 1. The summed E-state index contributed by atoms with van der Waals surface area (Å²) in [6, 6.07) is 3.25. The molecule has 1 heterocycles. The van der Waals surface area contributed by atoms with Crippen LogP contribution in [0.5, 0.6) is 0 Å². The topological polar surface area (TPSA) is 66.9 Å². The molecule has 10 heteroatoms. The van der Waals surface area contributed by atoms with Crippen LogP contribution in [0.2, 0.25) is 0 Å². The van der Waals surface area contributed by atoms with Gasteiger partial charge < -0.3 is 9.55 Å². The van der Waals surface area contributed by atoms with Crippen molar-refractivity contribution in [2.24, 2.45) is 0 Å². The van der Waals surface area contributed by atoms with E-state index in [4.69, 9.17) is 12.2 Å². The maximum absolute atomic E-state index is 12.6. The lowest BCUT2D eigenvalue weighted by molar-refractivity contribution is -0.137. The molecule has 5 nitrogen and oxygen atoms in total. The first-order valence-electron chi connectivity index (χ1n) is 5.82. The average molecular weight is 339 g/mol. The zero-order chi connectivity index (χ0) is 15.8. The molecule has 0 aliphatic heterocycles. The molecule has 0 amide bonds. The highest BCUT2D eigenvalue weighted by molar-refractivity contribution is 7.88. The molecule has 21 heavy (non-hydrogen) atoms. The Hall–Kier alpha value is -1.39. The smallest absolute Gasteiger partial charge is 0.331 e. The first-order chi connectivity index (χ1) is 9.58. The Balaban J connectivity index is 2.33. The van der Waals surface area contributed by atoms with Crippen molar-refractivity contribution in [1.82, 2.24) is 14.3 Å². The first-order valence-corrected chi connectivity index (χ1v) is 8.12. The van der Waals surface area contributed by atoms with Gasteiger partial charge in [-0.05, 0) is 30.4 Å². The lowest BCUT2D eigenvalue weighted by Gasteiger charge is -2.08. The van der Waals surface area contributed by atoms with Crippen LogP contribution in [0, 0.1) is 4.77 Å². The van der Waals surface area contributed by atoms with Crippen LogP contribution in [-0.2, 0) is 22.7 Å². The number of nitrogens with zero attached hydrogens (tertiary/aromatic N) is 1. The number of alkyl halides is 3. The van der Waals surface area contributed by atoms with E-state index in [0.717, 1.165) is 18.4 Å². The number of benzene rings is 1. The average Bonchev–Trinajstić information content (AvgIpc) is 2.62. The molecule has 0 radical (unpaired) electrons. The van der Waals surface area contributed by atoms with E-state index in [1.165, 1.54) is 6.07 Å². The van der Waals surface area contributed by atoms with Gasteiger partial charge in [0.05, 0.1) is 22.9 Å². The normalized spacial score (nSPS) is 13.0. The first kappa shape index (κ1) is 16.0. The van der Waals surface area contributed by atoms with Crippen molar-refractivity contribution < 1.29 is 21.6 Å². The molecule has 1 aromatic carbocycles. The summed E-state index contributed by atoms with van der Waals surface area (Å²) in [4.78, 5) is 2.69. The van der Waals surface area contributed by atoms with Gasteiger partial charge in [-0.3, -0.25) is 0 Å². The summed E-state index contributed by atoms with van der Waals surface area (Å²) < 4.78 is 63.9. The molecule has 0 atom stereocenters. The maximum Gasteiger partial charge on any atom is 0.416 e. The van der Waals surface area contributed by atoms with Crippen LogP contribution >= 0.6 is 12.2 Å². The molecule has 0 saturated heterocycles. The quantitative estimate of drug-likeness (QED) is 0.840. The summed E-state index contributed by atoms with van der Waals surface area (Å²) in [6.07, 6.45) is -3.40. The van der Waals surface area contributed by atoms with Crippen molar-refractivity contribution in [3.05, 3.63) is 28.5 Å². The number of H-pyrrole nitrogens is 1. The van der Waals surface area contributed by atoms with E-state index in [0.29, 0.717) is 5.52 Å². The molecule has 0 aliphatic rings. The van der Waals surface area contributed by atoms with E-state index in [9.17, 15) is 21.6 Å². The van der Waals surface area contributed by atoms with Crippen LogP contribution in [0.3, 0.4) is 0 Å². The number of aromatic amines is 1. The monoisotopic (exact) mass is 339 g/mol. The zero-order valence-electron chi connectivity index (χ0n) is 10.9. The van der Waals surface area contributed by atoms with Crippen molar-refractivity contribution >= 4 is 33.3 Å². The van der Waals surface area contributed by atoms with Gasteiger partial charge in [0.2, 0.25) is 10.0 Å². The number of imidazole rings is 1. The Kier molecular flexibility index (Phi) is 4.13. The fourth-order valence-electron chi connectivity index (χ4n) is 1.90. The highest BCUT2D eigenvalue weighted by atomic mass is 32.2. The van der Waals surface area contributed by atoms with Gasteiger partial charge in [-0.15, -0.1) is 0 Å². The van der Waals surface area contributed by atoms with Gasteiger partial charge in [-0.1, -0.05) is 0 Å². The molecule has 0 saturated carbocycles. The molecule has 116 valence electrons. The molecule has 2 N–H and O–H groups in total. The summed E-state index contributed by atoms with van der Waals surface area (Å²) in [6.45, 7) is 0.318. The van der Waals surface area contributed by atoms with Gasteiger partial charge in [-0.25, -0.2) is 13.1 Å². The number of nitrogens with one attached hydrogen (secondary N) is 2. The molecule has 0 unspecified atom stereocenters. The second kappa shape index (κ2) is 5.43. The van der Waals surface area contributed by atoms with Crippen molar-refractivity contribution in [3.8, 4) is 0 Å². The third kappa shape index (κ3) is 3.83. The van der Waals surface area contributed by atoms with Gasteiger partial charge >= 0.3 is 6.18 Å². The van der Waals surface area contributed by atoms with E-state index in [1.807, 2.05) is 0 Å². The Morgan fingerprint density at radius 1 is 1.38 bits per heavy atom. The standard InChI is InChI=1S/C11H12F3N3O2S2/c1-21(18,19)15-4-5-17-9-3-2-7(11(12,13)14)6-8(9)16-10(17)20/h2-3,6,15H,4-5H2,1H3,(H,16,20). The summed E-state index contributed by atoms with van der Waals surface area (Å²) in [5.41, 5.74) is -0.0230. The molecule has 1 aromatic heterocycles. The van der Waals surface area contributed by atoms with Crippen LogP contribution < -0.4 is 4.72 Å². The molecule has 2 rings (SSSR count). The lowest BCUT2D eigenvalue weighted by atomic mass is 10.2. The molecular formula is C11H12F3N3O2S2. The number of aromatic nitrogens is 2. The van der Waals surface area contributed by atoms with Crippen molar-refractivity contribution in [2.75, 3.05) is 12.8 Å². The highest BCUT2D eigenvalue weighted by Gasteiger charge is 2.30. The van der Waals surface area contributed by atoms with Crippen LogP contribution in [-0.4, -0.2) is 30.8 Å². The van der Waals surface area contributed by atoms with Crippen LogP contribution in [0.1, 0.15) is 5.56 Å². The number of halogens is 3. The minimum absolute atomic E-state index is 0.0983. The molecule has 2 aromatic rings. The van der Waals surface area contributed by atoms with E-state index >= 15 is 0 Å². The Morgan fingerprint density at radius 2 is 2.05 bits per heavy atom.